The van der Waals surface area contributed by atoms with Crippen LogP contribution in [-0.2, 0) is 0 Å². The van der Waals surface area contributed by atoms with Gasteiger partial charge < -0.3 is 21.8 Å². The highest BCUT2D eigenvalue weighted by Gasteiger charge is 2.13. The van der Waals surface area contributed by atoms with E-state index in [1.165, 1.54) is 0 Å². The lowest BCUT2D eigenvalue weighted by molar-refractivity contribution is -1.05. The van der Waals surface area contributed by atoms with Crippen molar-refractivity contribution < 1.29 is 26.5 Å². The number of hydrogen-bond donors (Lipinski definition) is 0. The molecule has 0 aliphatic heterocycles. The van der Waals surface area contributed by atoms with Crippen molar-refractivity contribution in [1.29, 1.82) is 0 Å². The van der Waals surface area contributed by atoms with E-state index in [1.54, 1.807) is 0 Å². The first kappa shape index (κ1) is 12.5. The summed E-state index contributed by atoms with van der Waals surface area (Å²) in [5, 5.41) is 0. The van der Waals surface area contributed by atoms with Gasteiger partial charge in [-0.25, -0.2) is 0 Å². The molecule has 1 rings (SSSR count). The second-order valence-electron chi connectivity index (χ2n) is 3.29. The SMILES string of the molecule is CC[N+](C)(C)Oc1ccccc1.[Br-]. The van der Waals surface area contributed by atoms with E-state index >= 15 is 0 Å². The lowest BCUT2D eigenvalue weighted by Crippen LogP contribution is -3.00. The number of halogens is 1. The molecular weight excluding hydrogens is 230 g/mol. The van der Waals surface area contributed by atoms with Crippen LogP contribution in [0.1, 0.15) is 6.92 Å². The highest BCUT2D eigenvalue weighted by atomic mass is 79.9. The first-order valence-electron chi connectivity index (χ1n) is 4.22. The van der Waals surface area contributed by atoms with E-state index in [2.05, 4.69) is 6.92 Å². The summed E-state index contributed by atoms with van der Waals surface area (Å²) < 4.78 is 0.560. The summed E-state index contributed by atoms with van der Waals surface area (Å²) in [5.41, 5.74) is 0. The normalized spacial score (nSPS) is 10.4. The molecule has 0 atom stereocenters. The van der Waals surface area contributed by atoms with Gasteiger partial charge in [-0.3, -0.25) is 0 Å². The maximum Gasteiger partial charge on any atom is 0.190 e. The van der Waals surface area contributed by atoms with Crippen LogP contribution in [0, 0.1) is 0 Å². The molecule has 0 radical (unpaired) electrons. The molecule has 0 N–H and O–H groups in total. The molecule has 1 aromatic carbocycles. The molecule has 0 aromatic heterocycles. The number of nitrogens with zero attached hydrogens (tertiary/aromatic N) is 1. The number of hydroxylamine groups is 3. The molecular formula is C10H16BrNO. The molecule has 0 saturated heterocycles. The van der Waals surface area contributed by atoms with Crippen molar-refractivity contribution >= 4 is 0 Å². The van der Waals surface area contributed by atoms with Gasteiger partial charge in [0.05, 0.1) is 0 Å². The van der Waals surface area contributed by atoms with Crippen LogP contribution in [0.5, 0.6) is 5.75 Å². The Labute approximate surface area is 90.4 Å². The molecule has 0 spiro atoms. The number of rotatable bonds is 3. The highest BCUT2D eigenvalue weighted by molar-refractivity contribution is 5.20. The van der Waals surface area contributed by atoms with Crippen LogP contribution in [0.2, 0.25) is 0 Å². The Balaban J connectivity index is 0.00000144. The molecule has 0 fully saturated rings. The van der Waals surface area contributed by atoms with E-state index in [-0.39, 0.29) is 17.0 Å². The lowest BCUT2D eigenvalue weighted by atomic mass is 10.3. The highest BCUT2D eigenvalue weighted by Crippen LogP contribution is 2.12. The summed E-state index contributed by atoms with van der Waals surface area (Å²) in [4.78, 5) is 5.69. The average molecular weight is 246 g/mol. The number of quaternary nitrogens is 1. The van der Waals surface area contributed by atoms with Gasteiger partial charge in [-0.1, -0.05) is 18.2 Å². The summed E-state index contributed by atoms with van der Waals surface area (Å²) in [6.07, 6.45) is 0. The molecule has 0 aliphatic carbocycles. The smallest absolute Gasteiger partial charge is 0.190 e. The van der Waals surface area contributed by atoms with Gasteiger partial charge in [0.25, 0.3) is 0 Å². The lowest BCUT2D eigenvalue weighted by Gasteiger charge is -2.25. The van der Waals surface area contributed by atoms with Crippen molar-refractivity contribution in [1.82, 2.24) is 0 Å². The van der Waals surface area contributed by atoms with Crippen LogP contribution in [0.15, 0.2) is 30.3 Å². The van der Waals surface area contributed by atoms with Crippen molar-refractivity contribution in [2.75, 3.05) is 20.6 Å². The Morgan fingerprint density at radius 2 is 1.69 bits per heavy atom. The van der Waals surface area contributed by atoms with Crippen molar-refractivity contribution in [3.05, 3.63) is 30.3 Å². The summed E-state index contributed by atoms with van der Waals surface area (Å²) in [7, 11) is 4.07. The van der Waals surface area contributed by atoms with Crippen molar-refractivity contribution in [3.8, 4) is 5.75 Å². The molecule has 0 heterocycles. The molecule has 13 heavy (non-hydrogen) atoms. The topological polar surface area (TPSA) is 9.23 Å². The molecule has 1 aromatic rings. The molecule has 0 bridgehead atoms. The number of benzene rings is 1. The minimum atomic E-state index is 0. The zero-order valence-electron chi connectivity index (χ0n) is 8.33. The fraction of sp³-hybridized carbons (Fsp3) is 0.400. The minimum Gasteiger partial charge on any atom is -1.00 e. The Hall–Kier alpha value is -0.540. The molecule has 74 valence electrons. The van der Waals surface area contributed by atoms with E-state index in [0.29, 0.717) is 4.65 Å². The summed E-state index contributed by atoms with van der Waals surface area (Å²) in [6.45, 7) is 3.05. The van der Waals surface area contributed by atoms with E-state index in [9.17, 15) is 0 Å². The van der Waals surface area contributed by atoms with E-state index in [1.807, 2.05) is 44.4 Å². The molecule has 0 unspecified atom stereocenters. The zero-order chi connectivity index (χ0) is 9.03. The van der Waals surface area contributed by atoms with E-state index in [4.69, 9.17) is 4.84 Å². The van der Waals surface area contributed by atoms with Crippen molar-refractivity contribution in [2.24, 2.45) is 0 Å². The fourth-order valence-electron chi connectivity index (χ4n) is 0.831. The summed E-state index contributed by atoms with van der Waals surface area (Å²) in [6, 6.07) is 9.88. The Bertz CT molecular complexity index is 236. The van der Waals surface area contributed by atoms with Gasteiger partial charge in [0.1, 0.15) is 20.6 Å². The quantitative estimate of drug-likeness (QED) is 0.495. The van der Waals surface area contributed by atoms with Crippen molar-refractivity contribution in [3.63, 3.8) is 0 Å². The van der Waals surface area contributed by atoms with Crippen LogP contribution < -0.4 is 21.8 Å². The Kier molecular flexibility index (Phi) is 5.03. The van der Waals surface area contributed by atoms with E-state index < -0.39 is 0 Å². The Morgan fingerprint density at radius 1 is 1.15 bits per heavy atom. The third kappa shape index (κ3) is 4.29. The van der Waals surface area contributed by atoms with E-state index in [0.717, 1.165) is 12.3 Å². The first-order valence-corrected chi connectivity index (χ1v) is 4.22. The van der Waals surface area contributed by atoms with Gasteiger partial charge in [0.15, 0.2) is 5.75 Å². The van der Waals surface area contributed by atoms with Crippen LogP contribution in [0.4, 0.5) is 0 Å². The second kappa shape index (κ2) is 5.25. The largest absolute Gasteiger partial charge is 1.00 e. The van der Waals surface area contributed by atoms with Crippen LogP contribution in [0.3, 0.4) is 0 Å². The number of para-hydroxylation sites is 1. The van der Waals surface area contributed by atoms with Gasteiger partial charge >= 0.3 is 0 Å². The monoisotopic (exact) mass is 245 g/mol. The molecule has 0 saturated carbocycles. The number of hydrogen-bond acceptors (Lipinski definition) is 1. The molecule has 3 heteroatoms. The van der Waals surface area contributed by atoms with Gasteiger partial charge in [0, 0.05) is 0 Å². The third-order valence-electron chi connectivity index (χ3n) is 1.86. The maximum atomic E-state index is 5.69. The van der Waals surface area contributed by atoms with Crippen LogP contribution in [0.25, 0.3) is 0 Å². The predicted molar refractivity (Wildman–Crippen MR) is 49.7 cm³/mol. The zero-order valence-corrected chi connectivity index (χ0v) is 9.91. The third-order valence-corrected chi connectivity index (χ3v) is 1.86. The molecule has 0 aliphatic rings. The maximum absolute atomic E-state index is 5.69. The van der Waals surface area contributed by atoms with Crippen molar-refractivity contribution in [2.45, 2.75) is 6.92 Å². The Morgan fingerprint density at radius 3 is 2.15 bits per heavy atom. The standard InChI is InChI=1S/C10H16NO.BrH/c1-4-11(2,3)12-10-8-6-5-7-9-10;/h5-9H,4H2,1-3H3;1H/q+1;/p-1. The van der Waals surface area contributed by atoms with Gasteiger partial charge in [-0.05, 0) is 19.1 Å². The summed E-state index contributed by atoms with van der Waals surface area (Å²) >= 11 is 0. The van der Waals surface area contributed by atoms with Gasteiger partial charge in [-0.15, -0.1) is 4.65 Å². The first-order chi connectivity index (χ1) is 5.64. The average Bonchev–Trinajstić information content (AvgIpc) is 2.06. The minimum absolute atomic E-state index is 0. The van der Waals surface area contributed by atoms with Gasteiger partial charge in [-0.2, -0.15) is 0 Å². The van der Waals surface area contributed by atoms with Crippen LogP contribution >= 0.6 is 0 Å². The van der Waals surface area contributed by atoms with Crippen LogP contribution in [-0.4, -0.2) is 25.3 Å². The molecule has 2 nitrogen and oxygen atoms in total. The summed E-state index contributed by atoms with van der Waals surface area (Å²) in [5.74, 6) is 0.921. The predicted octanol–water partition coefficient (Wildman–Crippen LogP) is -0.919. The fourth-order valence-corrected chi connectivity index (χ4v) is 0.831. The van der Waals surface area contributed by atoms with Gasteiger partial charge in [0.2, 0.25) is 0 Å². The molecule has 0 amide bonds. The second-order valence-corrected chi connectivity index (χ2v) is 3.29.